The van der Waals surface area contributed by atoms with Gasteiger partial charge in [0.25, 0.3) is 10.0 Å². The van der Waals surface area contributed by atoms with Crippen LogP contribution >= 0.6 is 34.8 Å². The molecule has 3 aromatic carbocycles. The van der Waals surface area contributed by atoms with Crippen molar-refractivity contribution in [3.63, 3.8) is 0 Å². The van der Waals surface area contributed by atoms with E-state index >= 15 is 0 Å². The molecule has 7 nitrogen and oxygen atoms in total. The zero-order valence-electron chi connectivity index (χ0n) is 21.8. The van der Waals surface area contributed by atoms with Crippen LogP contribution in [0.25, 0.3) is 0 Å². The third-order valence-electron chi connectivity index (χ3n) is 6.25. The van der Waals surface area contributed by atoms with Crippen LogP contribution in [0.5, 0.6) is 0 Å². The summed E-state index contributed by atoms with van der Waals surface area (Å²) in [6.07, 6.45) is 0.703. The van der Waals surface area contributed by atoms with Crippen molar-refractivity contribution in [2.24, 2.45) is 0 Å². The number of nitrogens with zero attached hydrogens (tertiary/aromatic N) is 2. The molecule has 0 radical (unpaired) electrons. The second kappa shape index (κ2) is 13.5. The van der Waals surface area contributed by atoms with Crippen LogP contribution in [0.3, 0.4) is 0 Å². The molecule has 0 aliphatic carbocycles. The number of rotatable bonds is 11. The molecule has 3 rings (SSSR count). The lowest BCUT2D eigenvalue weighted by Crippen LogP contribution is -2.52. The van der Waals surface area contributed by atoms with Crippen molar-refractivity contribution in [3.05, 3.63) is 93.4 Å². The SMILES string of the molecule is CCC(C)NC(=O)C(C)N(Cc1ccc(Cl)cc1Cl)C(=O)CN(c1ccc(Cl)cc1)S(=O)(=O)c1ccccc1. The minimum absolute atomic E-state index is 0.0163. The quantitative estimate of drug-likeness (QED) is 0.281. The monoisotopic (exact) mass is 609 g/mol. The molecule has 2 atom stereocenters. The lowest BCUT2D eigenvalue weighted by molar-refractivity contribution is -0.139. The standard InChI is InChI=1S/C28H30Cl3N3O4S/c1-4-19(2)32-28(36)20(3)33(17-21-10-11-23(30)16-26(21)31)27(35)18-34(24-14-12-22(29)13-15-24)39(37,38)25-8-6-5-7-9-25/h5-16,19-20H,4,17-18H2,1-3H3,(H,32,36). The zero-order chi connectivity index (χ0) is 28.7. The summed E-state index contributed by atoms with van der Waals surface area (Å²) in [6.45, 7) is 4.79. The van der Waals surface area contributed by atoms with E-state index in [-0.39, 0.29) is 29.1 Å². The minimum Gasteiger partial charge on any atom is -0.352 e. The minimum atomic E-state index is -4.15. The zero-order valence-corrected chi connectivity index (χ0v) is 24.9. The predicted octanol–water partition coefficient (Wildman–Crippen LogP) is 6.17. The summed E-state index contributed by atoms with van der Waals surface area (Å²) >= 11 is 18.5. The van der Waals surface area contributed by atoms with E-state index in [0.717, 1.165) is 4.31 Å². The molecule has 0 spiro atoms. The number of hydrogen-bond acceptors (Lipinski definition) is 4. The highest BCUT2D eigenvalue weighted by Crippen LogP contribution is 2.27. The van der Waals surface area contributed by atoms with Gasteiger partial charge in [-0.25, -0.2) is 8.42 Å². The Labute approximate surface area is 244 Å². The van der Waals surface area contributed by atoms with Gasteiger partial charge in [-0.2, -0.15) is 0 Å². The second-order valence-electron chi connectivity index (χ2n) is 9.05. The Morgan fingerprint density at radius 2 is 1.51 bits per heavy atom. The van der Waals surface area contributed by atoms with Crippen LogP contribution < -0.4 is 9.62 Å². The number of benzene rings is 3. The molecular weight excluding hydrogens is 581 g/mol. The lowest BCUT2D eigenvalue weighted by atomic mass is 10.1. The molecule has 0 saturated carbocycles. The average molecular weight is 611 g/mol. The van der Waals surface area contributed by atoms with Crippen molar-refractivity contribution in [2.75, 3.05) is 10.8 Å². The fourth-order valence-electron chi connectivity index (χ4n) is 3.74. The maximum absolute atomic E-state index is 13.9. The van der Waals surface area contributed by atoms with Crippen LogP contribution in [0, 0.1) is 0 Å². The van der Waals surface area contributed by atoms with Crippen molar-refractivity contribution in [1.82, 2.24) is 10.2 Å². The molecule has 208 valence electrons. The van der Waals surface area contributed by atoms with Gasteiger partial charge in [-0.15, -0.1) is 0 Å². The number of anilines is 1. The molecular formula is C28H30Cl3N3O4S. The third kappa shape index (κ3) is 7.88. The van der Waals surface area contributed by atoms with Crippen LogP contribution in [0.2, 0.25) is 15.1 Å². The highest BCUT2D eigenvalue weighted by molar-refractivity contribution is 7.92. The Morgan fingerprint density at radius 1 is 0.897 bits per heavy atom. The molecule has 1 N–H and O–H groups in total. The summed E-state index contributed by atoms with van der Waals surface area (Å²) in [5.41, 5.74) is 0.805. The largest absolute Gasteiger partial charge is 0.352 e. The van der Waals surface area contributed by atoms with Gasteiger partial charge in [-0.3, -0.25) is 13.9 Å². The molecule has 39 heavy (non-hydrogen) atoms. The molecule has 0 aromatic heterocycles. The molecule has 0 saturated heterocycles. The van der Waals surface area contributed by atoms with Crippen LogP contribution in [-0.2, 0) is 26.2 Å². The number of carbonyl (C=O) groups is 2. The van der Waals surface area contributed by atoms with Crippen LogP contribution in [0.1, 0.15) is 32.8 Å². The fraction of sp³-hybridized carbons (Fsp3) is 0.286. The molecule has 2 unspecified atom stereocenters. The number of amides is 2. The number of sulfonamides is 1. The number of nitrogens with one attached hydrogen (secondary N) is 1. The summed E-state index contributed by atoms with van der Waals surface area (Å²) < 4.78 is 28.5. The average Bonchev–Trinajstić information content (AvgIpc) is 2.91. The van der Waals surface area contributed by atoms with Crippen molar-refractivity contribution in [3.8, 4) is 0 Å². The number of hydrogen-bond donors (Lipinski definition) is 1. The van der Waals surface area contributed by atoms with Crippen molar-refractivity contribution >= 4 is 62.3 Å². The van der Waals surface area contributed by atoms with Gasteiger partial charge >= 0.3 is 0 Å². The first-order chi connectivity index (χ1) is 18.4. The molecule has 3 aromatic rings. The van der Waals surface area contributed by atoms with E-state index in [2.05, 4.69) is 5.32 Å². The smallest absolute Gasteiger partial charge is 0.264 e. The van der Waals surface area contributed by atoms with Crippen LogP contribution in [0.15, 0.2) is 77.7 Å². The molecule has 2 amide bonds. The van der Waals surface area contributed by atoms with Gasteiger partial charge in [-0.05, 0) is 74.4 Å². The Kier molecular flexibility index (Phi) is 10.7. The summed E-state index contributed by atoms with van der Waals surface area (Å²) in [5.74, 6) is -0.964. The van der Waals surface area contributed by atoms with E-state index in [9.17, 15) is 18.0 Å². The highest BCUT2D eigenvalue weighted by atomic mass is 35.5. The van der Waals surface area contributed by atoms with Gasteiger partial charge in [0.2, 0.25) is 11.8 Å². The molecule has 0 fully saturated rings. The van der Waals surface area contributed by atoms with E-state index in [1.165, 1.54) is 29.2 Å². The first-order valence-electron chi connectivity index (χ1n) is 12.3. The van der Waals surface area contributed by atoms with E-state index in [1.807, 2.05) is 13.8 Å². The van der Waals surface area contributed by atoms with Crippen molar-refractivity contribution < 1.29 is 18.0 Å². The summed E-state index contributed by atoms with van der Waals surface area (Å²) in [4.78, 5) is 28.3. The van der Waals surface area contributed by atoms with Crippen molar-refractivity contribution in [2.45, 2.75) is 50.7 Å². The van der Waals surface area contributed by atoms with E-state index in [4.69, 9.17) is 34.8 Å². The predicted molar refractivity (Wildman–Crippen MR) is 157 cm³/mol. The van der Waals surface area contributed by atoms with E-state index in [1.54, 1.807) is 55.5 Å². The Hall–Kier alpha value is -2.78. The van der Waals surface area contributed by atoms with Gasteiger partial charge in [0.1, 0.15) is 12.6 Å². The molecule has 11 heteroatoms. The summed E-state index contributed by atoms with van der Waals surface area (Å²) in [6, 6.07) is 17.8. The third-order valence-corrected chi connectivity index (χ3v) is 8.88. The highest BCUT2D eigenvalue weighted by Gasteiger charge is 2.33. The Morgan fingerprint density at radius 3 is 2.10 bits per heavy atom. The van der Waals surface area contributed by atoms with Gasteiger partial charge in [0, 0.05) is 27.7 Å². The topological polar surface area (TPSA) is 86.8 Å². The van der Waals surface area contributed by atoms with E-state index in [0.29, 0.717) is 27.1 Å². The summed E-state index contributed by atoms with van der Waals surface area (Å²) in [7, 11) is -4.15. The molecule has 0 aliphatic rings. The van der Waals surface area contributed by atoms with Crippen LogP contribution in [0.4, 0.5) is 5.69 Å². The van der Waals surface area contributed by atoms with Crippen molar-refractivity contribution in [1.29, 1.82) is 0 Å². The molecule has 0 bridgehead atoms. The van der Waals surface area contributed by atoms with Gasteiger partial charge in [0.15, 0.2) is 0 Å². The maximum atomic E-state index is 13.9. The molecule has 0 heterocycles. The Balaban J connectivity index is 2.03. The van der Waals surface area contributed by atoms with E-state index < -0.39 is 28.5 Å². The van der Waals surface area contributed by atoms with Crippen LogP contribution in [-0.4, -0.2) is 43.8 Å². The van der Waals surface area contributed by atoms with Gasteiger partial charge in [-0.1, -0.05) is 66.0 Å². The number of carbonyl (C=O) groups excluding carboxylic acids is 2. The first kappa shape index (κ1) is 30.8. The lowest BCUT2D eigenvalue weighted by Gasteiger charge is -2.32. The number of halogens is 3. The maximum Gasteiger partial charge on any atom is 0.264 e. The second-order valence-corrected chi connectivity index (χ2v) is 12.2. The first-order valence-corrected chi connectivity index (χ1v) is 14.9. The van der Waals surface area contributed by atoms with Gasteiger partial charge in [0.05, 0.1) is 10.6 Å². The van der Waals surface area contributed by atoms with Gasteiger partial charge < -0.3 is 10.2 Å². The fourth-order valence-corrected chi connectivity index (χ4v) is 5.77. The normalized spacial score (nSPS) is 12.9. The summed E-state index contributed by atoms with van der Waals surface area (Å²) in [5, 5.41) is 4.05. The molecule has 0 aliphatic heterocycles. The Bertz CT molecular complexity index is 1400.